The highest BCUT2D eigenvalue weighted by atomic mass is 16.5. The smallest absolute Gasteiger partial charge is 0.343 e. The van der Waals surface area contributed by atoms with Crippen LogP contribution in [0.15, 0.2) is 169 Å². The molecule has 0 heterocycles. The van der Waals surface area contributed by atoms with Crippen molar-refractivity contribution in [1.29, 1.82) is 0 Å². The van der Waals surface area contributed by atoms with E-state index < -0.39 is 11.9 Å². The van der Waals surface area contributed by atoms with Crippen molar-refractivity contribution in [3.05, 3.63) is 186 Å². The van der Waals surface area contributed by atoms with Crippen LogP contribution in [-0.4, -0.2) is 29.6 Å². The van der Waals surface area contributed by atoms with Crippen LogP contribution in [0.4, 0.5) is 0 Å². The number of ether oxygens (including phenoxy) is 3. The maximum atomic E-state index is 13.1. The Bertz CT molecular complexity index is 2450. The second-order valence-corrected chi connectivity index (χ2v) is 14.7. The van der Waals surface area contributed by atoms with Crippen LogP contribution in [0.25, 0.3) is 33.4 Å². The number of carbonyl (C=O) groups is 3. The average molecular weight is 785 g/mol. The van der Waals surface area contributed by atoms with Crippen LogP contribution in [0.3, 0.4) is 0 Å². The van der Waals surface area contributed by atoms with Crippen LogP contribution in [0.1, 0.15) is 78.5 Å². The minimum Gasteiger partial charge on any atom is -0.508 e. The van der Waals surface area contributed by atoms with Gasteiger partial charge < -0.3 is 19.3 Å². The monoisotopic (exact) mass is 784 g/mol. The molecule has 7 heteroatoms. The summed E-state index contributed by atoms with van der Waals surface area (Å²) in [4.78, 5) is 38.9. The third-order valence-electron chi connectivity index (χ3n) is 11.2. The summed E-state index contributed by atoms with van der Waals surface area (Å²) < 4.78 is 17.1. The number of aromatic hydroxyl groups is 1. The van der Waals surface area contributed by atoms with Gasteiger partial charge in [0.1, 0.15) is 23.9 Å². The van der Waals surface area contributed by atoms with Gasteiger partial charge in [0.2, 0.25) is 0 Å². The lowest BCUT2D eigenvalue weighted by Gasteiger charge is -2.34. The van der Waals surface area contributed by atoms with E-state index in [1.165, 1.54) is 5.57 Å². The number of carbonyl (C=O) groups excluding carboxylic acids is 3. The fraction of sp³-hybridized carbons (Fsp3) is 0.173. The maximum absolute atomic E-state index is 13.1. The van der Waals surface area contributed by atoms with E-state index in [1.54, 1.807) is 72.8 Å². The second kappa shape index (κ2) is 18.5. The molecule has 0 amide bonds. The Morgan fingerprint density at radius 3 is 1.12 bits per heavy atom. The first-order valence-corrected chi connectivity index (χ1v) is 19.7. The summed E-state index contributed by atoms with van der Waals surface area (Å²) in [5.41, 5.74) is 9.85. The number of hydrogen-bond donors (Lipinski definition) is 1. The first-order chi connectivity index (χ1) is 28.4. The minimum atomic E-state index is -0.485. The molecule has 0 spiro atoms. The van der Waals surface area contributed by atoms with Crippen LogP contribution >= 0.6 is 0 Å². The molecule has 1 N–H and O–H groups in total. The molecule has 6 aromatic carbocycles. The molecule has 0 aromatic heterocycles. The molecule has 0 aliphatic carbocycles. The molecule has 0 fully saturated rings. The lowest BCUT2D eigenvalue weighted by molar-refractivity contribution is 0.0327. The molecule has 0 saturated heterocycles. The van der Waals surface area contributed by atoms with Crippen LogP contribution < -0.4 is 9.47 Å². The van der Waals surface area contributed by atoms with Crippen molar-refractivity contribution < 1.29 is 33.7 Å². The SMILES string of the molecule is C=C(C)/C(C)=C(\C)C(CC)(CC)COC(=O)c1ccc(-c2ccc(OC(=O)c3ccc(-c4ccc(OC(=O)c5ccc(-c6ccc(O)cc6)cc5)cc4)cc3)cc2)cc1. The summed E-state index contributed by atoms with van der Waals surface area (Å²) in [7, 11) is 0. The fourth-order valence-electron chi connectivity index (χ4n) is 6.91. The van der Waals surface area contributed by atoms with Gasteiger partial charge in [0.05, 0.1) is 16.7 Å². The highest BCUT2D eigenvalue weighted by molar-refractivity contribution is 5.93. The van der Waals surface area contributed by atoms with Crippen LogP contribution in [0.5, 0.6) is 17.2 Å². The highest BCUT2D eigenvalue weighted by Crippen LogP contribution is 2.39. The zero-order valence-corrected chi connectivity index (χ0v) is 34.1. The summed E-state index contributed by atoms with van der Waals surface area (Å²) in [5, 5.41) is 9.53. The number of phenols is 1. The molecule has 298 valence electrons. The van der Waals surface area contributed by atoms with Crippen molar-refractivity contribution >= 4 is 17.9 Å². The van der Waals surface area contributed by atoms with Crippen molar-refractivity contribution in [2.45, 2.75) is 47.5 Å². The Balaban J connectivity index is 1.00. The molecule has 0 bridgehead atoms. The molecule has 0 unspecified atom stereocenters. The van der Waals surface area contributed by atoms with Crippen LogP contribution in [-0.2, 0) is 4.74 Å². The summed E-state index contributed by atoms with van der Waals surface area (Å²) in [6.07, 6.45) is 1.70. The lowest BCUT2D eigenvalue weighted by atomic mass is 9.74. The van der Waals surface area contributed by atoms with Gasteiger partial charge in [-0.2, -0.15) is 0 Å². The molecule has 59 heavy (non-hydrogen) atoms. The van der Waals surface area contributed by atoms with Crippen molar-refractivity contribution in [3.63, 3.8) is 0 Å². The molecule has 0 radical (unpaired) electrons. The summed E-state index contributed by atoms with van der Waals surface area (Å²) in [5.74, 6) is -0.312. The summed E-state index contributed by atoms with van der Waals surface area (Å²) >= 11 is 0. The summed E-state index contributed by atoms with van der Waals surface area (Å²) in [6, 6.07) is 42.7. The number of allylic oxidation sites excluding steroid dienone is 2. The largest absolute Gasteiger partial charge is 0.508 e. The standard InChI is InChI=1S/C52H48O7/c1-7-52(8-2,36(6)35(5)34(3)4)33-57-49(54)43-15-9-38(10-16-43)41-23-29-47(30-24-41)59-51(56)45-19-13-39(14-20-45)42-25-31-48(32-26-42)58-50(55)44-17-11-37(12-18-44)40-21-27-46(53)28-22-40/h9-32,53H,3,7-8,33H2,1-2,4-6H3/b36-35+. The molecule has 6 aromatic rings. The Morgan fingerprint density at radius 2 is 0.797 bits per heavy atom. The van der Waals surface area contributed by atoms with Gasteiger partial charge in [-0.1, -0.05) is 104 Å². The first-order valence-electron chi connectivity index (χ1n) is 19.7. The van der Waals surface area contributed by atoms with E-state index >= 15 is 0 Å². The van der Waals surface area contributed by atoms with Gasteiger partial charge >= 0.3 is 17.9 Å². The second-order valence-electron chi connectivity index (χ2n) is 14.7. The van der Waals surface area contributed by atoms with Crippen molar-refractivity contribution in [3.8, 4) is 50.6 Å². The Morgan fingerprint density at radius 1 is 0.492 bits per heavy atom. The molecule has 6 rings (SSSR count). The van der Waals surface area contributed by atoms with E-state index in [2.05, 4.69) is 34.3 Å². The normalized spacial score (nSPS) is 11.6. The van der Waals surface area contributed by atoms with E-state index in [0.717, 1.165) is 57.4 Å². The lowest BCUT2D eigenvalue weighted by Crippen LogP contribution is -2.29. The predicted octanol–water partition coefficient (Wildman–Crippen LogP) is 12.7. The van der Waals surface area contributed by atoms with Gasteiger partial charge in [0.15, 0.2) is 0 Å². The molecule has 7 nitrogen and oxygen atoms in total. The molecular formula is C52H48O7. The van der Waals surface area contributed by atoms with E-state index in [1.807, 2.05) is 79.7 Å². The Kier molecular flexibility index (Phi) is 13.1. The number of esters is 3. The van der Waals surface area contributed by atoms with E-state index in [0.29, 0.717) is 34.8 Å². The quantitative estimate of drug-likeness (QED) is 0.0667. The van der Waals surface area contributed by atoms with E-state index in [-0.39, 0.29) is 17.1 Å². The van der Waals surface area contributed by atoms with Gasteiger partial charge in [-0.25, -0.2) is 14.4 Å². The van der Waals surface area contributed by atoms with Crippen molar-refractivity contribution in [1.82, 2.24) is 0 Å². The molecule has 0 atom stereocenters. The predicted molar refractivity (Wildman–Crippen MR) is 234 cm³/mol. The van der Waals surface area contributed by atoms with E-state index in [9.17, 15) is 19.5 Å². The average Bonchev–Trinajstić information content (AvgIpc) is 3.27. The van der Waals surface area contributed by atoms with Gasteiger partial charge in [-0.15, -0.1) is 0 Å². The highest BCUT2D eigenvalue weighted by Gasteiger charge is 2.31. The van der Waals surface area contributed by atoms with Crippen LogP contribution in [0, 0.1) is 5.41 Å². The third-order valence-corrected chi connectivity index (χ3v) is 11.2. The minimum absolute atomic E-state index is 0.193. The van der Waals surface area contributed by atoms with Gasteiger partial charge in [0, 0.05) is 5.41 Å². The number of hydrogen-bond acceptors (Lipinski definition) is 7. The third kappa shape index (κ3) is 9.94. The van der Waals surface area contributed by atoms with E-state index in [4.69, 9.17) is 14.2 Å². The van der Waals surface area contributed by atoms with Gasteiger partial charge in [-0.3, -0.25) is 0 Å². The fourth-order valence-corrected chi connectivity index (χ4v) is 6.91. The van der Waals surface area contributed by atoms with Crippen molar-refractivity contribution in [2.75, 3.05) is 6.61 Å². The van der Waals surface area contributed by atoms with Crippen LogP contribution in [0.2, 0.25) is 0 Å². The molecule has 0 aliphatic heterocycles. The maximum Gasteiger partial charge on any atom is 0.343 e. The number of phenolic OH excluding ortho intramolecular Hbond substituents is 1. The Hall–Kier alpha value is -6.99. The topological polar surface area (TPSA) is 99.1 Å². The zero-order chi connectivity index (χ0) is 42.1. The molecule has 0 saturated carbocycles. The number of rotatable bonds is 14. The van der Waals surface area contributed by atoms with Gasteiger partial charge in [-0.05, 0) is 145 Å². The van der Waals surface area contributed by atoms with Crippen molar-refractivity contribution in [2.24, 2.45) is 5.41 Å². The zero-order valence-electron chi connectivity index (χ0n) is 34.1. The van der Waals surface area contributed by atoms with Gasteiger partial charge in [0.25, 0.3) is 0 Å². The first kappa shape index (κ1) is 41.6. The molecule has 0 aliphatic rings. The molecular weight excluding hydrogens is 737 g/mol. The summed E-state index contributed by atoms with van der Waals surface area (Å²) in [6.45, 7) is 14.8. The number of benzene rings is 6. The Labute approximate surface area is 346 Å².